The normalized spacial score (nSPS) is 11.7. The Balaban J connectivity index is 1.95. The number of rotatable bonds is 3. The van der Waals surface area contributed by atoms with Crippen LogP contribution in [0.15, 0.2) is 24.8 Å². The van der Waals surface area contributed by atoms with Crippen LogP contribution in [0.25, 0.3) is 16.7 Å². The minimum atomic E-state index is -0.517. The number of hydrogen-bond acceptors (Lipinski definition) is 5. The number of hydrogen-bond donors (Lipinski definition) is 2. The number of carbonyl (C=O) groups excluding carboxylic acids is 1. The molecule has 3 heterocycles. The van der Waals surface area contributed by atoms with Gasteiger partial charge in [0, 0.05) is 17.0 Å². The zero-order valence-electron chi connectivity index (χ0n) is 13.4. The van der Waals surface area contributed by atoms with Gasteiger partial charge in [-0.25, -0.2) is 4.98 Å². The molecule has 0 aromatic carbocycles. The van der Waals surface area contributed by atoms with E-state index in [-0.39, 0.29) is 11.9 Å². The first-order valence-electron chi connectivity index (χ1n) is 7.13. The number of aromatic amines is 1. The van der Waals surface area contributed by atoms with Gasteiger partial charge in [0.15, 0.2) is 5.82 Å². The zero-order valence-corrected chi connectivity index (χ0v) is 13.4. The van der Waals surface area contributed by atoms with Gasteiger partial charge in [-0.1, -0.05) is 20.8 Å². The highest BCUT2D eigenvalue weighted by Crippen LogP contribution is 2.27. The van der Waals surface area contributed by atoms with E-state index in [0.29, 0.717) is 11.6 Å². The van der Waals surface area contributed by atoms with Crippen LogP contribution >= 0.6 is 0 Å². The highest BCUT2D eigenvalue weighted by molar-refractivity contribution is 5.93. The van der Waals surface area contributed by atoms with Crippen molar-refractivity contribution >= 4 is 22.8 Å². The smallest absolute Gasteiger partial charge is 0.249 e. The van der Waals surface area contributed by atoms with E-state index in [9.17, 15) is 4.79 Å². The van der Waals surface area contributed by atoms with E-state index in [1.54, 1.807) is 19.5 Å². The molecular weight excluding hydrogens is 296 g/mol. The number of nitrogens with one attached hydrogen (secondary N) is 2. The number of ether oxygens (including phenoxy) is 1. The van der Waals surface area contributed by atoms with Crippen molar-refractivity contribution in [2.45, 2.75) is 20.8 Å². The van der Waals surface area contributed by atoms with Crippen LogP contribution in [0.1, 0.15) is 20.8 Å². The molecule has 0 saturated heterocycles. The van der Waals surface area contributed by atoms with Gasteiger partial charge in [0.2, 0.25) is 11.9 Å². The Hall–Kier alpha value is -2.90. The molecule has 2 N–H and O–H groups in total. The summed E-state index contributed by atoms with van der Waals surface area (Å²) in [5.41, 5.74) is 0.263. The fraction of sp³-hybridized carbons (Fsp3) is 0.333. The van der Waals surface area contributed by atoms with Crippen LogP contribution < -0.4 is 10.1 Å². The van der Waals surface area contributed by atoms with Crippen LogP contribution in [-0.4, -0.2) is 37.7 Å². The summed E-state index contributed by atoms with van der Waals surface area (Å²) < 4.78 is 6.80. The maximum atomic E-state index is 12.0. The van der Waals surface area contributed by atoms with Crippen molar-refractivity contribution in [2.24, 2.45) is 5.41 Å². The number of amides is 1. The number of aromatic nitrogens is 5. The zero-order chi connectivity index (χ0) is 16.6. The monoisotopic (exact) mass is 314 g/mol. The topological polar surface area (TPSA) is 97.7 Å². The summed E-state index contributed by atoms with van der Waals surface area (Å²) in [6.07, 6.45) is 4.94. The third kappa shape index (κ3) is 2.75. The second-order valence-corrected chi connectivity index (χ2v) is 6.13. The fourth-order valence-electron chi connectivity index (χ4n) is 2.06. The molecule has 0 aliphatic rings. The lowest BCUT2D eigenvalue weighted by Crippen LogP contribution is -2.28. The van der Waals surface area contributed by atoms with E-state index in [4.69, 9.17) is 4.74 Å². The van der Waals surface area contributed by atoms with Crippen LogP contribution in [-0.2, 0) is 4.79 Å². The Morgan fingerprint density at radius 1 is 1.35 bits per heavy atom. The molecule has 0 unspecified atom stereocenters. The standard InChI is InChI=1S/C15H18N6O2/c1-15(2,3)13(22)19-14-18-8-21(20-14)12-11-9(5-6-16-11)10(23-4)7-17-12/h5-8,16H,1-4H3,(H,19,20,22). The molecule has 0 fully saturated rings. The Bertz CT molecular complexity index is 858. The number of methoxy groups -OCH3 is 1. The summed E-state index contributed by atoms with van der Waals surface area (Å²) in [7, 11) is 1.60. The van der Waals surface area contributed by atoms with Gasteiger partial charge in [0.1, 0.15) is 12.1 Å². The molecule has 3 aromatic rings. The van der Waals surface area contributed by atoms with Gasteiger partial charge in [0.25, 0.3) is 0 Å². The molecule has 8 heteroatoms. The van der Waals surface area contributed by atoms with Crippen molar-refractivity contribution in [2.75, 3.05) is 12.4 Å². The van der Waals surface area contributed by atoms with E-state index in [1.807, 2.05) is 26.8 Å². The average Bonchev–Trinajstić information content (AvgIpc) is 3.14. The summed E-state index contributed by atoms with van der Waals surface area (Å²) in [4.78, 5) is 23.6. The third-order valence-corrected chi connectivity index (χ3v) is 3.38. The molecule has 3 aromatic heterocycles. The van der Waals surface area contributed by atoms with Crippen LogP contribution in [0.5, 0.6) is 5.75 Å². The predicted molar refractivity (Wildman–Crippen MR) is 85.6 cm³/mol. The number of anilines is 1. The summed E-state index contributed by atoms with van der Waals surface area (Å²) in [6.45, 7) is 5.48. The van der Waals surface area contributed by atoms with Crippen molar-refractivity contribution in [3.05, 3.63) is 24.8 Å². The number of nitrogens with zero attached hydrogens (tertiary/aromatic N) is 4. The molecule has 0 atom stereocenters. The summed E-state index contributed by atoms with van der Waals surface area (Å²) in [5.74, 6) is 1.34. The summed E-state index contributed by atoms with van der Waals surface area (Å²) >= 11 is 0. The highest BCUT2D eigenvalue weighted by atomic mass is 16.5. The van der Waals surface area contributed by atoms with Gasteiger partial charge in [-0.05, 0) is 6.07 Å². The number of H-pyrrole nitrogens is 1. The second-order valence-electron chi connectivity index (χ2n) is 6.13. The lowest BCUT2D eigenvalue weighted by atomic mass is 9.96. The minimum absolute atomic E-state index is 0.150. The summed E-state index contributed by atoms with van der Waals surface area (Å²) in [5, 5.41) is 7.86. The molecule has 0 radical (unpaired) electrons. The van der Waals surface area contributed by atoms with Gasteiger partial charge >= 0.3 is 0 Å². The number of pyridine rings is 1. The number of fused-ring (bicyclic) bond motifs is 1. The van der Waals surface area contributed by atoms with Crippen molar-refractivity contribution in [1.82, 2.24) is 24.7 Å². The van der Waals surface area contributed by atoms with Gasteiger partial charge in [0.05, 0.1) is 18.8 Å². The van der Waals surface area contributed by atoms with Crippen LogP contribution in [0.3, 0.4) is 0 Å². The van der Waals surface area contributed by atoms with Crippen molar-refractivity contribution in [1.29, 1.82) is 0 Å². The van der Waals surface area contributed by atoms with E-state index in [2.05, 4.69) is 25.4 Å². The Labute approximate surface area is 132 Å². The van der Waals surface area contributed by atoms with Crippen molar-refractivity contribution < 1.29 is 9.53 Å². The van der Waals surface area contributed by atoms with Gasteiger partial charge < -0.3 is 9.72 Å². The molecular formula is C15H18N6O2. The van der Waals surface area contributed by atoms with Crippen LogP contribution in [0, 0.1) is 5.41 Å². The fourth-order valence-corrected chi connectivity index (χ4v) is 2.06. The van der Waals surface area contributed by atoms with E-state index < -0.39 is 5.41 Å². The van der Waals surface area contributed by atoms with E-state index >= 15 is 0 Å². The largest absolute Gasteiger partial charge is 0.494 e. The molecule has 8 nitrogen and oxygen atoms in total. The molecule has 3 rings (SSSR count). The minimum Gasteiger partial charge on any atom is -0.494 e. The quantitative estimate of drug-likeness (QED) is 0.772. The molecule has 0 spiro atoms. The average molecular weight is 314 g/mol. The predicted octanol–water partition coefficient (Wildman–Crippen LogP) is 2.14. The second kappa shape index (κ2) is 5.38. The van der Waals surface area contributed by atoms with Crippen molar-refractivity contribution in [3.63, 3.8) is 0 Å². The maximum absolute atomic E-state index is 12.0. The lowest BCUT2D eigenvalue weighted by Gasteiger charge is -2.15. The first-order chi connectivity index (χ1) is 10.9. The van der Waals surface area contributed by atoms with Gasteiger partial charge in [-0.2, -0.15) is 9.67 Å². The van der Waals surface area contributed by atoms with Crippen LogP contribution in [0.4, 0.5) is 5.95 Å². The highest BCUT2D eigenvalue weighted by Gasteiger charge is 2.22. The Morgan fingerprint density at radius 2 is 2.13 bits per heavy atom. The molecule has 23 heavy (non-hydrogen) atoms. The maximum Gasteiger partial charge on any atom is 0.249 e. The lowest BCUT2D eigenvalue weighted by molar-refractivity contribution is -0.123. The molecule has 0 saturated carbocycles. The SMILES string of the molecule is COc1cnc(-n2cnc(NC(=O)C(C)(C)C)n2)c2[nH]ccc12. The molecule has 0 aliphatic carbocycles. The van der Waals surface area contributed by atoms with Crippen LogP contribution in [0.2, 0.25) is 0 Å². The third-order valence-electron chi connectivity index (χ3n) is 3.38. The Kier molecular flexibility index (Phi) is 3.51. The first-order valence-corrected chi connectivity index (χ1v) is 7.13. The molecule has 120 valence electrons. The van der Waals surface area contributed by atoms with Gasteiger partial charge in [-0.3, -0.25) is 10.1 Å². The Morgan fingerprint density at radius 3 is 2.83 bits per heavy atom. The van der Waals surface area contributed by atoms with E-state index in [1.165, 1.54) is 11.0 Å². The summed E-state index contributed by atoms with van der Waals surface area (Å²) in [6, 6.07) is 1.90. The molecule has 1 amide bonds. The molecule has 0 aliphatic heterocycles. The van der Waals surface area contributed by atoms with E-state index in [0.717, 1.165) is 10.9 Å². The first kappa shape index (κ1) is 15.0. The van der Waals surface area contributed by atoms with Crippen molar-refractivity contribution in [3.8, 4) is 11.6 Å². The number of carbonyl (C=O) groups is 1. The van der Waals surface area contributed by atoms with Gasteiger partial charge in [-0.15, -0.1) is 5.10 Å². The molecule has 0 bridgehead atoms.